The zero-order valence-electron chi connectivity index (χ0n) is 29.3. The van der Waals surface area contributed by atoms with E-state index in [2.05, 4.69) is 37.2 Å². The van der Waals surface area contributed by atoms with Crippen molar-refractivity contribution in [3.63, 3.8) is 0 Å². The first kappa shape index (κ1) is 39.1. The zero-order chi connectivity index (χ0) is 35.2. The molecule has 12 heteroatoms. The Morgan fingerprint density at radius 3 is 2.32 bits per heavy atom. The Labute approximate surface area is 279 Å². The largest absolute Gasteiger partial charge is 0.493 e. The minimum absolute atomic E-state index is 0.0879. The fraction of sp³-hybridized carbons (Fsp3) is 0.600. The molecule has 0 spiro atoms. The molecule has 2 aromatic rings. The smallest absolute Gasteiger partial charge is 0.294 e. The SMILES string of the molecule is COCC(=O)NC(C)(C)C(O[N+](=O)[O-])C(C)COc1ccccc1CCN(C)CCCC(C#N)(c1ccc(OC)c(OC)c1)C(C)C. The lowest BCUT2D eigenvalue weighted by molar-refractivity contribution is -0.772. The summed E-state index contributed by atoms with van der Waals surface area (Å²) >= 11 is 0. The number of nitriles is 1. The van der Waals surface area contributed by atoms with E-state index >= 15 is 0 Å². The van der Waals surface area contributed by atoms with Crippen LogP contribution in [-0.4, -0.2) is 82.2 Å². The number of carbonyl (C=O) groups is 1. The van der Waals surface area contributed by atoms with Gasteiger partial charge >= 0.3 is 0 Å². The first-order valence-electron chi connectivity index (χ1n) is 15.9. The van der Waals surface area contributed by atoms with Crippen LogP contribution in [0.3, 0.4) is 0 Å². The Bertz CT molecular complexity index is 1350. The topological polar surface area (TPSA) is 145 Å². The molecule has 2 rings (SSSR count). The lowest BCUT2D eigenvalue weighted by Crippen LogP contribution is -2.57. The molecule has 3 unspecified atom stereocenters. The molecule has 0 saturated carbocycles. The molecule has 1 amide bonds. The van der Waals surface area contributed by atoms with Gasteiger partial charge < -0.3 is 34.0 Å². The number of amides is 1. The van der Waals surface area contributed by atoms with E-state index in [4.69, 9.17) is 23.8 Å². The van der Waals surface area contributed by atoms with Gasteiger partial charge in [-0.05, 0) is 81.9 Å². The van der Waals surface area contributed by atoms with Crippen molar-refractivity contribution in [3.8, 4) is 23.3 Å². The van der Waals surface area contributed by atoms with E-state index in [9.17, 15) is 20.2 Å². The van der Waals surface area contributed by atoms with Gasteiger partial charge in [0.05, 0.1) is 37.8 Å². The highest BCUT2D eigenvalue weighted by molar-refractivity contribution is 5.78. The molecule has 0 fully saturated rings. The van der Waals surface area contributed by atoms with Gasteiger partial charge in [-0.2, -0.15) is 5.26 Å². The van der Waals surface area contributed by atoms with Crippen LogP contribution in [0.1, 0.15) is 58.6 Å². The van der Waals surface area contributed by atoms with Crippen LogP contribution in [0.4, 0.5) is 0 Å². The van der Waals surface area contributed by atoms with Gasteiger partial charge in [-0.25, -0.2) is 0 Å². The van der Waals surface area contributed by atoms with Gasteiger partial charge in [-0.3, -0.25) is 4.79 Å². The second-order valence-corrected chi connectivity index (χ2v) is 12.8. The first-order valence-corrected chi connectivity index (χ1v) is 15.9. The van der Waals surface area contributed by atoms with Gasteiger partial charge in [0.25, 0.3) is 5.09 Å². The van der Waals surface area contributed by atoms with Crippen LogP contribution >= 0.6 is 0 Å². The number of para-hydroxylation sites is 1. The number of hydrogen-bond donors (Lipinski definition) is 1. The van der Waals surface area contributed by atoms with Crippen LogP contribution in [0.5, 0.6) is 17.2 Å². The van der Waals surface area contributed by atoms with Crippen LogP contribution in [0.25, 0.3) is 0 Å². The minimum atomic E-state index is -1.06. The van der Waals surface area contributed by atoms with Gasteiger partial charge in [0.1, 0.15) is 18.5 Å². The van der Waals surface area contributed by atoms with Crippen molar-refractivity contribution in [2.45, 2.75) is 70.9 Å². The van der Waals surface area contributed by atoms with E-state index in [0.29, 0.717) is 23.7 Å². The Morgan fingerprint density at radius 1 is 1.04 bits per heavy atom. The average molecular weight is 657 g/mol. The number of methoxy groups -OCH3 is 3. The highest BCUT2D eigenvalue weighted by Gasteiger charge is 2.39. The normalized spacial score (nSPS) is 14.1. The molecule has 0 aliphatic carbocycles. The molecule has 0 aromatic heterocycles. The second kappa shape index (κ2) is 18.3. The lowest BCUT2D eigenvalue weighted by atomic mass is 9.69. The van der Waals surface area contributed by atoms with Crippen molar-refractivity contribution >= 4 is 5.91 Å². The lowest BCUT2D eigenvalue weighted by Gasteiger charge is -2.37. The Kier molecular flexibility index (Phi) is 15.2. The van der Waals surface area contributed by atoms with Crippen molar-refractivity contribution in [1.29, 1.82) is 5.26 Å². The third-order valence-electron chi connectivity index (χ3n) is 8.60. The molecular formula is C35H52N4O8. The highest BCUT2D eigenvalue weighted by atomic mass is 17.0. The Hall–Kier alpha value is -4.08. The molecule has 3 atom stereocenters. The summed E-state index contributed by atoms with van der Waals surface area (Å²) in [6, 6.07) is 16.1. The van der Waals surface area contributed by atoms with Gasteiger partial charge in [0.15, 0.2) is 11.5 Å². The zero-order valence-corrected chi connectivity index (χ0v) is 29.3. The standard InChI is InChI=1S/C35H52N4O8/c1-25(2)35(24-36,28-15-16-30(44-8)31(21-28)45-9)18-12-19-38(6)20-17-27-13-10-11-14-29(27)46-22-26(3)33(47-39(41)42)34(4,5)37-32(40)23-43-7/h10-11,13-16,21,25-26,33H,12,17-20,22-23H2,1-9H3,(H,37,40). The summed E-state index contributed by atoms with van der Waals surface area (Å²) in [5.74, 6) is 1.17. The van der Waals surface area contributed by atoms with Crippen LogP contribution in [0.2, 0.25) is 0 Å². The van der Waals surface area contributed by atoms with Gasteiger partial charge in [-0.15, -0.1) is 10.1 Å². The third kappa shape index (κ3) is 11.0. The molecule has 0 saturated heterocycles. The van der Waals surface area contributed by atoms with E-state index in [1.165, 1.54) is 7.11 Å². The van der Waals surface area contributed by atoms with E-state index in [0.717, 1.165) is 37.1 Å². The number of rotatable bonds is 21. The molecule has 12 nitrogen and oxygen atoms in total. The summed E-state index contributed by atoms with van der Waals surface area (Å²) in [6.07, 6.45) is 1.26. The monoisotopic (exact) mass is 656 g/mol. The number of ether oxygens (including phenoxy) is 4. The summed E-state index contributed by atoms with van der Waals surface area (Å²) in [6.45, 7) is 10.8. The fourth-order valence-electron chi connectivity index (χ4n) is 5.98. The summed E-state index contributed by atoms with van der Waals surface area (Å²) < 4.78 is 22.0. The summed E-state index contributed by atoms with van der Waals surface area (Å²) in [4.78, 5) is 30.8. The Balaban J connectivity index is 2.04. The molecule has 260 valence electrons. The summed E-state index contributed by atoms with van der Waals surface area (Å²) in [5, 5.41) is 23.6. The van der Waals surface area contributed by atoms with Gasteiger partial charge in [-0.1, -0.05) is 45.0 Å². The number of carbonyl (C=O) groups excluding carboxylic acids is 1. The molecule has 1 N–H and O–H groups in total. The average Bonchev–Trinajstić information content (AvgIpc) is 3.03. The fourth-order valence-corrected chi connectivity index (χ4v) is 5.98. The van der Waals surface area contributed by atoms with E-state index < -0.39 is 34.0 Å². The van der Waals surface area contributed by atoms with Crippen molar-refractivity contribution in [3.05, 3.63) is 63.7 Å². The van der Waals surface area contributed by atoms with Gasteiger partial charge in [0, 0.05) is 19.6 Å². The Morgan fingerprint density at radius 2 is 1.72 bits per heavy atom. The third-order valence-corrected chi connectivity index (χ3v) is 8.60. The summed E-state index contributed by atoms with van der Waals surface area (Å²) in [5.41, 5.74) is 0.188. The molecular weight excluding hydrogens is 604 g/mol. The van der Waals surface area contributed by atoms with E-state index in [-0.39, 0.29) is 19.1 Å². The number of hydrogen-bond acceptors (Lipinski definition) is 10. The van der Waals surface area contributed by atoms with Crippen molar-refractivity contribution in [2.24, 2.45) is 11.8 Å². The molecule has 47 heavy (non-hydrogen) atoms. The van der Waals surface area contributed by atoms with Crippen molar-refractivity contribution in [1.82, 2.24) is 10.2 Å². The maximum Gasteiger partial charge on any atom is 0.294 e. The highest BCUT2D eigenvalue weighted by Crippen LogP contribution is 2.40. The maximum absolute atomic E-state index is 12.2. The van der Waals surface area contributed by atoms with Gasteiger partial charge in [0.2, 0.25) is 5.91 Å². The predicted octanol–water partition coefficient (Wildman–Crippen LogP) is 5.21. The number of nitrogens with one attached hydrogen (secondary N) is 1. The predicted molar refractivity (Wildman–Crippen MR) is 179 cm³/mol. The van der Waals surface area contributed by atoms with Crippen molar-refractivity contribution in [2.75, 3.05) is 54.7 Å². The number of nitrogens with zero attached hydrogens (tertiary/aromatic N) is 3. The molecule has 2 aromatic carbocycles. The van der Waals surface area contributed by atoms with Crippen molar-refractivity contribution < 1.29 is 33.7 Å². The quantitative estimate of drug-likeness (QED) is 0.140. The maximum atomic E-state index is 12.2. The molecule has 0 bridgehead atoms. The molecule has 0 aliphatic rings. The van der Waals surface area contributed by atoms with Crippen LogP contribution in [-0.2, 0) is 26.2 Å². The molecule has 0 radical (unpaired) electrons. The van der Waals surface area contributed by atoms with Crippen LogP contribution in [0.15, 0.2) is 42.5 Å². The van der Waals surface area contributed by atoms with Crippen LogP contribution in [0, 0.1) is 33.3 Å². The number of benzene rings is 2. The van der Waals surface area contributed by atoms with Crippen LogP contribution < -0.4 is 19.5 Å². The first-order chi connectivity index (χ1) is 22.2. The minimum Gasteiger partial charge on any atom is -0.493 e. The summed E-state index contributed by atoms with van der Waals surface area (Å²) in [7, 11) is 6.65. The van der Waals surface area contributed by atoms with E-state index in [1.54, 1.807) is 35.0 Å². The molecule has 0 aliphatic heterocycles. The second-order valence-electron chi connectivity index (χ2n) is 12.8. The molecule has 0 heterocycles. The van der Waals surface area contributed by atoms with E-state index in [1.807, 2.05) is 42.5 Å². The number of likely N-dealkylation sites (N-methyl/N-ethyl adjacent to an activating group) is 1.